The predicted octanol–water partition coefficient (Wildman–Crippen LogP) is 4.08. The van der Waals surface area contributed by atoms with Crippen molar-refractivity contribution in [2.75, 3.05) is 20.6 Å². The topological polar surface area (TPSA) is 23.5 Å². The Morgan fingerprint density at radius 2 is 1.76 bits per heavy atom. The van der Waals surface area contributed by atoms with Gasteiger partial charge in [-0.3, -0.25) is 0 Å². The van der Waals surface area contributed by atoms with Crippen molar-refractivity contribution in [2.45, 2.75) is 18.9 Å². The van der Waals surface area contributed by atoms with Crippen molar-refractivity contribution in [3.63, 3.8) is 0 Å². The predicted molar refractivity (Wildman–Crippen MR) is 92.3 cm³/mol. The Balaban J connectivity index is 2.02. The number of hydrogen-bond acceptors (Lipinski definition) is 3. The summed E-state index contributed by atoms with van der Waals surface area (Å²) in [7, 11) is 3.98. The monoisotopic (exact) mass is 299 g/mol. The molecule has 0 radical (unpaired) electrons. The van der Waals surface area contributed by atoms with Gasteiger partial charge in [0.15, 0.2) is 0 Å². The van der Waals surface area contributed by atoms with Crippen LogP contribution in [0.25, 0.3) is 20.2 Å². The summed E-state index contributed by atoms with van der Waals surface area (Å²) in [6.07, 6.45) is -0.345. The highest BCUT2D eigenvalue weighted by Gasteiger charge is 2.18. The van der Waals surface area contributed by atoms with Crippen molar-refractivity contribution in [3.8, 4) is 0 Å². The number of aliphatic hydroxyl groups excluding tert-OH is 1. The first-order chi connectivity index (χ1) is 10.1. The zero-order chi connectivity index (χ0) is 15.0. The zero-order valence-corrected chi connectivity index (χ0v) is 13.5. The summed E-state index contributed by atoms with van der Waals surface area (Å²) in [4.78, 5) is 2.03. The molecule has 0 bridgehead atoms. The van der Waals surface area contributed by atoms with E-state index in [-0.39, 0.29) is 12.0 Å². The summed E-state index contributed by atoms with van der Waals surface area (Å²) in [6, 6.07) is 15.1. The lowest BCUT2D eigenvalue weighted by atomic mass is 9.94. The average Bonchev–Trinajstić information content (AvgIpc) is 2.83. The largest absolute Gasteiger partial charge is 0.391 e. The van der Waals surface area contributed by atoms with Crippen molar-refractivity contribution in [1.29, 1.82) is 0 Å². The molecule has 0 saturated carbocycles. The molecule has 0 aliphatic heterocycles. The maximum Gasteiger partial charge on any atom is 0.0732 e. The number of fused-ring (bicyclic) bond motifs is 3. The number of hydrogen-bond donors (Lipinski definition) is 1. The fourth-order valence-electron chi connectivity index (χ4n) is 2.78. The van der Waals surface area contributed by atoms with Crippen molar-refractivity contribution < 1.29 is 5.11 Å². The Morgan fingerprint density at radius 3 is 2.52 bits per heavy atom. The lowest BCUT2D eigenvalue weighted by Gasteiger charge is -2.22. The molecule has 0 aliphatic carbocycles. The van der Waals surface area contributed by atoms with Gasteiger partial charge in [-0.2, -0.15) is 0 Å². The second-order valence-electron chi connectivity index (χ2n) is 5.97. The van der Waals surface area contributed by atoms with E-state index in [1.165, 1.54) is 25.7 Å². The molecule has 3 aromatic rings. The highest BCUT2D eigenvalue weighted by Crippen LogP contribution is 2.35. The lowest BCUT2D eigenvalue weighted by Crippen LogP contribution is -2.29. The van der Waals surface area contributed by atoms with Crippen LogP contribution < -0.4 is 0 Å². The maximum absolute atomic E-state index is 10.3. The molecule has 3 rings (SSSR count). The summed E-state index contributed by atoms with van der Waals surface area (Å²) in [5.74, 6) is 0.135. The van der Waals surface area contributed by atoms with Gasteiger partial charge in [-0.15, -0.1) is 11.3 Å². The third-order valence-corrected chi connectivity index (χ3v) is 5.21. The number of rotatable bonds is 4. The molecule has 2 atom stereocenters. The van der Waals surface area contributed by atoms with E-state index >= 15 is 0 Å². The molecule has 1 N–H and O–H groups in total. The molecule has 0 aliphatic rings. The van der Waals surface area contributed by atoms with E-state index in [9.17, 15) is 5.11 Å². The van der Waals surface area contributed by atoms with Crippen molar-refractivity contribution in [3.05, 3.63) is 48.0 Å². The maximum atomic E-state index is 10.3. The molecule has 110 valence electrons. The second-order valence-corrected chi connectivity index (χ2v) is 7.06. The number of aliphatic hydroxyl groups is 1. The minimum atomic E-state index is -0.345. The zero-order valence-electron chi connectivity index (χ0n) is 12.7. The van der Waals surface area contributed by atoms with Gasteiger partial charge in [0.2, 0.25) is 0 Å². The van der Waals surface area contributed by atoms with Crippen LogP contribution in [-0.4, -0.2) is 36.8 Å². The first kappa shape index (κ1) is 14.5. The molecular weight excluding hydrogens is 278 g/mol. The van der Waals surface area contributed by atoms with Gasteiger partial charge < -0.3 is 10.0 Å². The molecule has 2 aromatic carbocycles. The molecule has 3 heteroatoms. The van der Waals surface area contributed by atoms with E-state index in [0.717, 1.165) is 0 Å². The average molecular weight is 299 g/mol. The van der Waals surface area contributed by atoms with Gasteiger partial charge in [0.1, 0.15) is 0 Å². The Bertz CT molecular complexity index is 762. The minimum absolute atomic E-state index is 0.135. The Labute approximate surface area is 129 Å². The molecule has 2 nitrogen and oxygen atoms in total. The van der Waals surface area contributed by atoms with E-state index in [0.29, 0.717) is 6.54 Å². The van der Waals surface area contributed by atoms with Crippen LogP contribution in [0.1, 0.15) is 18.4 Å². The van der Waals surface area contributed by atoms with Crippen LogP contribution in [-0.2, 0) is 0 Å². The van der Waals surface area contributed by atoms with Crippen LogP contribution in [0.3, 0.4) is 0 Å². The van der Waals surface area contributed by atoms with Gasteiger partial charge >= 0.3 is 0 Å². The van der Waals surface area contributed by atoms with Gasteiger partial charge in [-0.25, -0.2) is 0 Å². The van der Waals surface area contributed by atoms with Gasteiger partial charge in [0.25, 0.3) is 0 Å². The number of nitrogens with zero attached hydrogens (tertiary/aromatic N) is 1. The highest BCUT2D eigenvalue weighted by atomic mass is 32.1. The smallest absolute Gasteiger partial charge is 0.0732 e. The summed E-state index contributed by atoms with van der Waals surface area (Å²) in [6.45, 7) is 2.79. The quantitative estimate of drug-likeness (QED) is 0.784. The van der Waals surface area contributed by atoms with Gasteiger partial charge in [-0.1, -0.05) is 31.2 Å². The summed E-state index contributed by atoms with van der Waals surface area (Å²) in [5.41, 5.74) is 1.21. The van der Waals surface area contributed by atoms with Gasteiger partial charge in [0.05, 0.1) is 6.10 Å². The van der Waals surface area contributed by atoms with Crippen molar-refractivity contribution >= 4 is 31.5 Å². The van der Waals surface area contributed by atoms with Crippen LogP contribution >= 0.6 is 11.3 Å². The molecule has 0 amide bonds. The van der Waals surface area contributed by atoms with E-state index in [4.69, 9.17) is 0 Å². The molecule has 21 heavy (non-hydrogen) atoms. The first-order valence-electron chi connectivity index (χ1n) is 7.30. The molecule has 0 saturated heterocycles. The summed E-state index contributed by atoms with van der Waals surface area (Å²) < 4.78 is 2.64. The number of likely N-dealkylation sites (N-methyl/N-ethyl adjacent to an activating group) is 1. The van der Waals surface area contributed by atoms with E-state index in [1.54, 1.807) is 0 Å². The van der Waals surface area contributed by atoms with E-state index < -0.39 is 0 Å². The Hall–Kier alpha value is -1.42. The Kier molecular flexibility index (Phi) is 3.98. The van der Waals surface area contributed by atoms with Crippen molar-refractivity contribution in [2.24, 2.45) is 0 Å². The second kappa shape index (κ2) is 5.76. The Morgan fingerprint density at radius 1 is 1.05 bits per heavy atom. The molecular formula is C18H21NOS. The number of thiophene rings is 1. The van der Waals surface area contributed by atoms with Crippen molar-refractivity contribution in [1.82, 2.24) is 4.90 Å². The molecule has 1 aromatic heterocycles. The van der Waals surface area contributed by atoms with E-state index in [2.05, 4.69) is 49.4 Å². The molecule has 1 heterocycles. The van der Waals surface area contributed by atoms with Crippen LogP contribution in [0.5, 0.6) is 0 Å². The molecule has 2 unspecified atom stereocenters. The number of benzene rings is 2. The van der Waals surface area contributed by atoms with Crippen LogP contribution in [0, 0.1) is 0 Å². The summed E-state index contributed by atoms with van der Waals surface area (Å²) in [5, 5.41) is 13.0. The van der Waals surface area contributed by atoms with E-state index in [1.807, 2.05) is 30.3 Å². The van der Waals surface area contributed by atoms with Crippen LogP contribution in [0.2, 0.25) is 0 Å². The van der Waals surface area contributed by atoms with Crippen LogP contribution in [0.15, 0.2) is 42.5 Å². The van der Waals surface area contributed by atoms with Gasteiger partial charge in [-0.05, 0) is 37.9 Å². The van der Waals surface area contributed by atoms with Gasteiger partial charge in [0, 0.05) is 32.6 Å². The summed E-state index contributed by atoms with van der Waals surface area (Å²) >= 11 is 1.83. The first-order valence-corrected chi connectivity index (χ1v) is 8.12. The third-order valence-electron chi connectivity index (χ3n) is 4.06. The lowest BCUT2D eigenvalue weighted by molar-refractivity contribution is 0.115. The minimum Gasteiger partial charge on any atom is -0.391 e. The fraction of sp³-hybridized carbons (Fsp3) is 0.333. The standard InChI is InChI=1S/C18H21NOS/c1-12(16(20)11-19(2)3)13-8-9-18-15(10-13)14-6-4-5-7-17(14)21-18/h4-10,12,16,20H,11H2,1-3H3. The fourth-order valence-corrected chi connectivity index (χ4v) is 3.87. The van der Waals surface area contributed by atoms with Crippen LogP contribution in [0.4, 0.5) is 0 Å². The SMILES string of the molecule is CC(c1ccc2sc3ccccc3c2c1)C(O)CN(C)C. The normalized spacial score (nSPS) is 14.9. The third kappa shape index (κ3) is 2.82. The molecule has 0 spiro atoms. The molecule has 0 fully saturated rings. The highest BCUT2D eigenvalue weighted by molar-refractivity contribution is 7.25.